The van der Waals surface area contributed by atoms with Crippen molar-refractivity contribution >= 4 is 0 Å². The van der Waals surface area contributed by atoms with E-state index in [0.717, 1.165) is 26.1 Å². The molecule has 0 aromatic heterocycles. The molecule has 0 spiro atoms. The van der Waals surface area contributed by atoms with Crippen LogP contribution in [0.1, 0.15) is 44.7 Å². The minimum Gasteiger partial charge on any atom is -0.381 e. The predicted molar refractivity (Wildman–Crippen MR) is 83.5 cm³/mol. The number of hydrazine groups is 1. The molecule has 1 aliphatic rings. The number of hydrogen-bond donors (Lipinski definition) is 2. The van der Waals surface area contributed by atoms with E-state index in [4.69, 9.17) is 10.6 Å². The molecule has 3 nitrogen and oxygen atoms in total. The summed E-state index contributed by atoms with van der Waals surface area (Å²) in [6, 6.07) is 9.24. The summed E-state index contributed by atoms with van der Waals surface area (Å²) in [5.74, 6) is 6.27. The lowest BCUT2D eigenvalue weighted by Crippen LogP contribution is -2.45. The molecule has 0 amide bonds. The van der Waals surface area contributed by atoms with Crippen LogP contribution in [0.5, 0.6) is 0 Å². The molecule has 0 radical (unpaired) electrons. The zero-order valence-corrected chi connectivity index (χ0v) is 13.0. The number of benzene rings is 1. The van der Waals surface area contributed by atoms with Crippen molar-refractivity contribution in [3.63, 3.8) is 0 Å². The molecule has 20 heavy (non-hydrogen) atoms. The summed E-state index contributed by atoms with van der Waals surface area (Å²) in [5, 5.41) is 0. The maximum Gasteiger partial charge on any atom is 0.0509 e. The number of rotatable bonds is 4. The maximum absolute atomic E-state index is 5.75. The number of nitrogens with two attached hydrogens (primary N) is 1. The van der Waals surface area contributed by atoms with E-state index >= 15 is 0 Å². The molecule has 112 valence electrons. The fourth-order valence-corrected chi connectivity index (χ4v) is 2.84. The van der Waals surface area contributed by atoms with Gasteiger partial charge in [-0.1, -0.05) is 45.0 Å². The molecule has 3 N–H and O–H groups in total. The lowest BCUT2D eigenvalue weighted by atomic mass is 9.85. The lowest BCUT2D eigenvalue weighted by molar-refractivity contribution is 0.0393. The molecule has 1 fully saturated rings. The third-order valence-electron chi connectivity index (χ3n) is 4.25. The normalized spacial score (nSPS) is 21.7. The van der Waals surface area contributed by atoms with Crippen molar-refractivity contribution in [2.45, 2.75) is 51.5 Å². The molecule has 1 heterocycles. The van der Waals surface area contributed by atoms with E-state index in [1.807, 2.05) is 0 Å². The average Bonchev–Trinajstić information content (AvgIpc) is 2.45. The number of hydrogen-bond acceptors (Lipinski definition) is 3. The maximum atomic E-state index is 5.75. The Morgan fingerprint density at radius 3 is 2.50 bits per heavy atom. The Labute approximate surface area is 122 Å². The van der Waals surface area contributed by atoms with Gasteiger partial charge in [-0.2, -0.15) is 0 Å². The van der Waals surface area contributed by atoms with Gasteiger partial charge in [-0.25, -0.2) is 0 Å². The van der Waals surface area contributed by atoms with Crippen LogP contribution in [0.2, 0.25) is 0 Å². The minimum atomic E-state index is 0.210. The molecule has 0 aliphatic carbocycles. The Bertz CT molecular complexity index is 402. The second kappa shape index (κ2) is 6.70. The van der Waals surface area contributed by atoms with E-state index in [0.29, 0.717) is 12.0 Å². The van der Waals surface area contributed by atoms with E-state index in [1.54, 1.807) is 0 Å². The second-order valence-corrected chi connectivity index (χ2v) is 6.90. The van der Waals surface area contributed by atoms with Crippen molar-refractivity contribution in [2.24, 2.45) is 11.8 Å². The second-order valence-electron chi connectivity index (χ2n) is 6.90. The highest BCUT2D eigenvalue weighted by atomic mass is 16.5. The Morgan fingerprint density at radius 1 is 1.30 bits per heavy atom. The molecular formula is C17H28N2O. The predicted octanol–water partition coefficient (Wildman–Crippen LogP) is 2.79. The first-order valence-electron chi connectivity index (χ1n) is 7.64. The number of ether oxygens (including phenoxy) is 1. The first-order chi connectivity index (χ1) is 9.50. The highest BCUT2D eigenvalue weighted by molar-refractivity contribution is 5.28. The van der Waals surface area contributed by atoms with Crippen LogP contribution < -0.4 is 11.3 Å². The highest BCUT2D eigenvalue weighted by Crippen LogP contribution is 2.24. The van der Waals surface area contributed by atoms with E-state index in [2.05, 4.69) is 50.5 Å². The van der Waals surface area contributed by atoms with Crippen molar-refractivity contribution in [2.75, 3.05) is 13.2 Å². The minimum absolute atomic E-state index is 0.210. The van der Waals surface area contributed by atoms with Gasteiger partial charge in [-0.15, -0.1) is 0 Å². The van der Waals surface area contributed by atoms with Gasteiger partial charge < -0.3 is 4.74 Å². The SMILES string of the molecule is CC(C)(C)c1ccc(CC(NN)C2CCCOC2)cc1. The van der Waals surface area contributed by atoms with Crippen LogP contribution in [0.15, 0.2) is 24.3 Å². The number of nitrogens with one attached hydrogen (secondary N) is 1. The summed E-state index contributed by atoms with van der Waals surface area (Å²) < 4.78 is 5.57. The first kappa shape index (κ1) is 15.5. The third kappa shape index (κ3) is 4.05. The molecule has 0 saturated carbocycles. The van der Waals surface area contributed by atoms with Gasteiger partial charge in [0.15, 0.2) is 0 Å². The molecule has 1 aromatic carbocycles. The molecule has 2 rings (SSSR count). The fraction of sp³-hybridized carbons (Fsp3) is 0.647. The molecule has 1 aromatic rings. The van der Waals surface area contributed by atoms with Gasteiger partial charge in [0.05, 0.1) is 6.61 Å². The van der Waals surface area contributed by atoms with Crippen LogP contribution in [-0.2, 0) is 16.6 Å². The molecule has 2 atom stereocenters. The highest BCUT2D eigenvalue weighted by Gasteiger charge is 2.23. The summed E-state index contributed by atoms with van der Waals surface area (Å²) in [7, 11) is 0. The fourth-order valence-electron chi connectivity index (χ4n) is 2.84. The van der Waals surface area contributed by atoms with Crippen molar-refractivity contribution in [1.29, 1.82) is 0 Å². The Hall–Kier alpha value is -0.900. The van der Waals surface area contributed by atoms with Crippen molar-refractivity contribution in [1.82, 2.24) is 5.43 Å². The Kier molecular flexibility index (Phi) is 5.19. The van der Waals surface area contributed by atoms with Crippen LogP contribution in [0.3, 0.4) is 0 Å². The Balaban J connectivity index is 2.00. The monoisotopic (exact) mass is 276 g/mol. The van der Waals surface area contributed by atoms with Crippen LogP contribution in [0.4, 0.5) is 0 Å². The van der Waals surface area contributed by atoms with Gasteiger partial charge >= 0.3 is 0 Å². The summed E-state index contributed by atoms with van der Waals surface area (Å²) in [5.41, 5.74) is 5.91. The summed E-state index contributed by atoms with van der Waals surface area (Å²) in [6.07, 6.45) is 3.32. The molecular weight excluding hydrogens is 248 g/mol. The van der Waals surface area contributed by atoms with Crippen LogP contribution >= 0.6 is 0 Å². The van der Waals surface area contributed by atoms with Gasteiger partial charge in [0.1, 0.15) is 0 Å². The lowest BCUT2D eigenvalue weighted by Gasteiger charge is -2.30. The van der Waals surface area contributed by atoms with E-state index in [9.17, 15) is 0 Å². The Morgan fingerprint density at radius 2 is 2.00 bits per heavy atom. The van der Waals surface area contributed by atoms with Gasteiger partial charge in [-0.05, 0) is 41.7 Å². The van der Waals surface area contributed by atoms with Crippen LogP contribution in [-0.4, -0.2) is 19.3 Å². The van der Waals surface area contributed by atoms with E-state index < -0.39 is 0 Å². The van der Waals surface area contributed by atoms with Gasteiger partial charge in [-0.3, -0.25) is 11.3 Å². The zero-order chi connectivity index (χ0) is 14.6. The van der Waals surface area contributed by atoms with Gasteiger partial charge in [0.25, 0.3) is 0 Å². The largest absolute Gasteiger partial charge is 0.381 e. The summed E-state index contributed by atoms with van der Waals surface area (Å²) in [4.78, 5) is 0. The van der Waals surface area contributed by atoms with E-state index in [1.165, 1.54) is 17.5 Å². The van der Waals surface area contributed by atoms with Crippen molar-refractivity contribution in [3.05, 3.63) is 35.4 Å². The molecule has 2 unspecified atom stereocenters. The first-order valence-corrected chi connectivity index (χ1v) is 7.64. The smallest absolute Gasteiger partial charge is 0.0509 e. The summed E-state index contributed by atoms with van der Waals surface area (Å²) in [6.45, 7) is 8.45. The van der Waals surface area contributed by atoms with Crippen molar-refractivity contribution < 1.29 is 4.74 Å². The third-order valence-corrected chi connectivity index (χ3v) is 4.25. The van der Waals surface area contributed by atoms with Gasteiger partial charge in [0, 0.05) is 12.6 Å². The molecule has 1 aliphatic heterocycles. The van der Waals surface area contributed by atoms with Gasteiger partial charge in [0.2, 0.25) is 0 Å². The quantitative estimate of drug-likeness (QED) is 0.656. The van der Waals surface area contributed by atoms with E-state index in [-0.39, 0.29) is 5.41 Å². The molecule has 1 saturated heterocycles. The average molecular weight is 276 g/mol. The summed E-state index contributed by atoms with van der Waals surface area (Å²) >= 11 is 0. The van der Waals surface area contributed by atoms with Crippen LogP contribution in [0.25, 0.3) is 0 Å². The topological polar surface area (TPSA) is 47.3 Å². The van der Waals surface area contributed by atoms with Crippen molar-refractivity contribution in [3.8, 4) is 0 Å². The zero-order valence-electron chi connectivity index (χ0n) is 13.0. The standard InChI is InChI=1S/C17H28N2O/c1-17(2,3)15-8-6-13(7-9-15)11-16(19-18)14-5-4-10-20-12-14/h6-9,14,16,19H,4-5,10-12,18H2,1-3H3. The van der Waals surface area contributed by atoms with Crippen LogP contribution in [0, 0.1) is 5.92 Å². The molecule has 3 heteroatoms. The molecule has 0 bridgehead atoms.